The molecule has 0 saturated heterocycles. The van der Waals surface area contributed by atoms with Crippen molar-refractivity contribution in [1.82, 2.24) is 4.98 Å². The van der Waals surface area contributed by atoms with Crippen LogP contribution in [0.4, 0.5) is 4.39 Å². The maximum Gasteiger partial charge on any atom is 0.216 e. The van der Waals surface area contributed by atoms with Crippen molar-refractivity contribution < 1.29 is 13.9 Å². The molecule has 0 unspecified atom stereocenters. The molecule has 0 aliphatic carbocycles. The molecule has 0 fully saturated rings. The molecule has 0 atom stereocenters. The van der Waals surface area contributed by atoms with Crippen LogP contribution in [0, 0.1) is 5.95 Å². The largest absolute Gasteiger partial charge is 0.497 e. The van der Waals surface area contributed by atoms with Gasteiger partial charge in [-0.3, -0.25) is 0 Å². The highest BCUT2D eigenvalue weighted by Crippen LogP contribution is 2.16. The number of nitrogens with zero attached hydrogens (tertiary/aromatic N) is 1. The zero-order valence-corrected chi connectivity index (χ0v) is 9.39. The minimum atomic E-state index is -0.548. The molecule has 0 radical (unpaired) electrons. The van der Waals surface area contributed by atoms with E-state index in [0.717, 1.165) is 11.3 Å². The first kappa shape index (κ1) is 11.4. The number of halogens is 1. The van der Waals surface area contributed by atoms with Crippen LogP contribution < -0.4 is 9.47 Å². The Morgan fingerprint density at radius 1 is 1.18 bits per heavy atom. The van der Waals surface area contributed by atoms with Gasteiger partial charge in [0, 0.05) is 12.3 Å². The Morgan fingerprint density at radius 2 is 2.06 bits per heavy atom. The highest BCUT2D eigenvalue weighted by molar-refractivity contribution is 5.28. The van der Waals surface area contributed by atoms with Gasteiger partial charge in [-0.25, -0.2) is 4.98 Å². The molecular weight excluding hydrogens is 221 g/mol. The molecule has 2 rings (SSSR count). The maximum absolute atomic E-state index is 12.8. The van der Waals surface area contributed by atoms with Crippen LogP contribution in [0.5, 0.6) is 11.5 Å². The van der Waals surface area contributed by atoms with Crippen molar-refractivity contribution in [2.45, 2.75) is 6.61 Å². The predicted molar refractivity (Wildman–Crippen MR) is 61.5 cm³/mol. The van der Waals surface area contributed by atoms with E-state index in [1.54, 1.807) is 13.2 Å². The van der Waals surface area contributed by atoms with Gasteiger partial charge in [-0.05, 0) is 23.8 Å². The number of hydrogen-bond donors (Lipinski definition) is 0. The number of aromatic nitrogens is 1. The maximum atomic E-state index is 12.8. The lowest BCUT2D eigenvalue weighted by molar-refractivity contribution is 0.302. The molecule has 0 saturated carbocycles. The average Bonchev–Trinajstić information content (AvgIpc) is 2.37. The van der Waals surface area contributed by atoms with Crippen molar-refractivity contribution in [2.24, 2.45) is 0 Å². The monoisotopic (exact) mass is 233 g/mol. The van der Waals surface area contributed by atoms with Crippen LogP contribution in [0.2, 0.25) is 0 Å². The minimum absolute atomic E-state index is 0.362. The quantitative estimate of drug-likeness (QED) is 0.761. The second-order valence-electron chi connectivity index (χ2n) is 3.45. The summed E-state index contributed by atoms with van der Waals surface area (Å²) in [4.78, 5) is 3.46. The normalized spacial score (nSPS) is 10.0. The number of rotatable bonds is 4. The van der Waals surface area contributed by atoms with Crippen LogP contribution in [0.25, 0.3) is 0 Å². The molecule has 0 N–H and O–H groups in total. The van der Waals surface area contributed by atoms with Gasteiger partial charge < -0.3 is 9.47 Å². The number of pyridine rings is 1. The third kappa shape index (κ3) is 3.17. The predicted octanol–water partition coefficient (Wildman–Crippen LogP) is 2.81. The first-order chi connectivity index (χ1) is 8.28. The molecule has 1 aromatic carbocycles. The van der Waals surface area contributed by atoms with E-state index in [-0.39, 0.29) is 0 Å². The van der Waals surface area contributed by atoms with Crippen molar-refractivity contribution in [3.05, 3.63) is 54.1 Å². The van der Waals surface area contributed by atoms with E-state index >= 15 is 0 Å². The van der Waals surface area contributed by atoms with E-state index in [1.807, 2.05) is 24.3 Å². The van der Waals surface area contributed by atoms with Crippen molar-refractivity contribution in [3.8, 4) is 11.5 Å². The van der Waals surface area contributed by atoms with Crippen molar-refractivity contribution in [1.29, 1.82) is 0 Å². The van der Waals surface area contributed by atoms with Crippen LogP contribution in [0.3, 0.4) is 0 Å². The van der Waals surface area contributed by atoms with E-state index in [1.165, 1.54) is 12.3 Å². The van der Waals surface area contributed by atoms with Crippen molar-refractivity contribution in [3.63, 3.8) is 0 Å². The number of methoxy groups -OCH3 is 1. The van der Waals surface area contributed by atoms with Gasteiger partial charge in [0.1, 0.15) is 18.1 Å². The van der Waals surface area contributed by atoms with Gasteiger partial charge in [0.2, 0.25) is 5.95 Å². The summed E-state index contributed by atoms with van der Waals surface area (Å²) in [5, 5.41) is 0. The summed E-state index contributed by atoms with van der Waals surface area (Å²) < 4.78 is 23.3. The fraction of sp³-hybridized carbons (Fsp3) is 0.154. The van der Waals surface area contributed by atoms with E-state index in [0.29, 0.717) is 12.4 Å². The molecule has 2 aromatic rings. The molecule has 0 bridgehead atoms. The Bertz CT molecular complexity index is 502. The topological polar surface area (TPSA) is 31.4 Å². The third-order valence-corrected chi connectivity index (χ3v) is 2.24. The fourth-order valence-electron chi connectivity index (χ4n) is 1.40. The zero-order chi connectivity index (χ0) is 12.1. The second-order valence-corrected chi connectivity index (χ2v) is 3.45. The standard InChI is InChI=1S/C13H12FNO2/c1-16-11-4-2-3-10(7-11)9-17-12-5-6-15-13(14)8-12/h2-8H,9H2,1H3. The fourth-order valence-corrected chi connectivity index (χ4v) is 1.40. The van der Waals surface area contributed by atoms with Crippen molar-refractivity contribution in [2.75, 3.05) is 7.11 Å². The van der Waals surface area contributed by atoms with Crippen LogP contribution in [-0.2, 0) is 6.61 Å². The molecule has 1 heterocycles. The van der Waals surface area contributed by atoms with Crippen LogP contribution in [-0.4, -0.2) is 12.1 Å². The zero-order valence-electron chi connectivity index (χ0n) is 9.39. The Kier molecular flexibility index (Phi) is 3.55. The highest BCUT2D eigenvalue weighted by atomic mass is 19.1. The van der Waals surface area contributed by atoms with Gasteiger partial charge in [-0.15, -0.1) is 0 Å². The molecule has 0 aliphatic heterocycles. The molecule has 88 valence electrons. The van der Waals surface area contributed by atoms with Gasteiger partial charge in [-0.2, -0.15) is 4.39 Å². The number of hydrogen-bond acceptors (Lipinski definition) is 3. The molecule has 17 heavy (non-hydrogen) atoms. The van der Waals surface area contributed by atoms with E-state index in [4.69, 9.17) is 9.47 Å². The molecular formula is C13H12FNO2. The number of benzene rings is 1. The lowest BCUT2D eigenvalue weighted by atomic mass is 10.2. The SMILES string of the molecule is COc1cccc(COc2ccnc(F)c2)c1. The van der Waals surface area contributed by atoms with Gasteiger partial charge >= 0.3 is 0 Å². The molecule has 0 spiro atoms. The summed E-state index contributed by atoms with van der Waals surface area (Å²) >= 11 is 0. The summed E-state index contributed by atoms with van der Waals surface area (Å²) in [5.41, 5.74) is 0.960. The lowest BCUT2D eigenvalue weighted by Crippen LogP contribution is -1.96. The summed E-state index contributed by atoms with van der Waals surface area (Å²) in [6.07, 6.45) is 1.37. The summed E-state index contributed by atoms with van der Waals surface area (Å²) in [6.45, 7) is 0.362. The van der Waals surface area contributed by atoms with Crippen molar-refractivity contribution >= 4 is 0 Å². The summed E-state index contributed by atoms with van der Waals surface area (Å²) in [5.74, 6) is 0.681. The van der Waals surface area contributed by atoms with E-state index in [2.05, 4.69) is 4.98 Å². The average molecular weight is 233 g/mol. The van der Waals surface area contributed by atoms with Gasteiger partial charge in [-0.1, -0.05) is 12.1 Å². The Hall–Kier alpha value is -2.10. The van der Waals surface area contributed by atoms with Gasteiger partial charge in [0.25, 0.3) is 0 Å². The van der Waals surface area contributed by atoms with Crippen LogP contribution in [0.1, 0.15) is 5.56 Å². The second kappa shape index (κ2) is 5.30. The molecule has 0 aliphatic rings. The Labute approximate surface area is 98.8 Å². The first-order valence-corrected chi connectivity index (χ1v) is 5.15. The Balaban J connectivity index is 2.02. The lowest BCUT2D eigenvalue weighted by Gasteiger charge is -2.07. The molecule has 1 aromatic heterocycles. The van der Waals surface area contributed by atoms with E-state index < -0.39 is 5.95 Å². The first-order valence-electron chi connectivity index (χ1n) is 5.15. The van der Waals surface area contributed by atoms with E-state index in [9.17, 15) is 4.39 Å². The summed E-state index contributed by atoms with van der Waals surface area (Å²) in [7, 11) is 1.61. The molecule has 4 heteroatoms. The summed E-state index contributed by atoms with van der Waals surface area (Å²) in [6, 6.07) is 10.4. The molecule has 0 amide bonds. The highest BCUT2D eigenvalue weighted by Gasteiger charge is 1.99. The Morgan fingerprint density at radius 3 is 2.82 bits per heavy atom. The third-order valence-electron chi connectivity index (χ3n) is 2.24. The van der Waals surface area contributed by atoms with Crippen LogP contribution >= 0.6 is 0 Å². The minimum Gasteiger partial charge on any atom is -0.497 e. The smallest absolute Gasteiger partial charge is 0.216 e. The van der Waals surface area contributed by atoms with Crippen LogP contribution in [0.15, 0.2) is 42.6 Å². The molecule has 3 nitrogen and oxygen atoms in total. The van der Waals surface area contributed by atoms with Gasteiger partial charge in [0.15, 0.2) is 0 Å². The van der Waals surface area contributed by atoms with Gasteiger partial charge in [0.05, 0.1) is 7.11 Å². The number of ether oxygens (including phenoxy) is 2.